The summed E-state index contributed by atoms with van der Waals surface area (Å²) in [7, 11) is 0. The number of benzene rings is 2. The van der Waals surface area contributed by atoms with Gasteiger partial charge in [0.25, 0.3) is 0 Å². The van der Waals surface area contributed by atoms with Gasteiger partial charge in [0.2, 0.25) is 0 Å². The van der Waals surface area contributed by atoms with Crippen LogP contribution in [0, 0.1) is 5.82 Å². The Morgan fingerprint density at radius 1 is 0.833 bits per heavy atom. The van der Waals surface area contributed by atoms with Crippen molar-refractivity contribution in [3.8, 4) is 11.5 Å². The second kappa shape index (κ2) is 7.49. The Kier molecular flexibility index (Phi) is 5.92. The van der Waals surface area contributed by atoms with Gasteiger partial charge in [-0.15, -0.1) is 0 Å². The summed E-state index contributed by atoms with van der Waals surface area (Å²) in [6.07, 6.45) is 1.01. The molecule has 0 N–H and O–H groups in total. The first-order valence-corrected chi connectivity index (χ1v) is 6.30. The molecule has 0 heterocycles. The van der Waals surface area contributed by atoms with Gasteiger partial charge in [-0.25, -0.2) is 4.39 Å². The van der Waals surface area contributed by atoms with Crippen molar-refractivity contribution in [2.75, 3.05) is 0 Å². The first-order chi connectivity index (χ1) is 8.78. The van der Waals surface area contributed by atoms with Gasteiger partial charge in [-0.1, -0.05) is 32.9 Å². The van der Waals surface area contributed by atoms with Gasteiger partial charge in [-0.3, -0.25) is 0 Å². The van der Waals surface area contributed by atoms with Crippen LogP contribution in [0.3, 0.4) is 0 Å². The predicted molar refractivity (Wildman–Crippen MR) is 73.6 cm³/mol. The minimum absolute atomic E-state index is 0.256. The SMILES string of the molecule is CC.CCc1ccc(Oc2ccc(F)cc2)cc1. The van der Waals surface area contributed by atoms with Gasteiger partial charge >= 0.3 is 0 Å². The largest absolute Gasteiger partial charge is 0.457 e. The van der Waals surface area contributed by atoms with Gasteiger partial charge in [0.15, 0.2) is 0 Å². The Balaban J connectivity index is 0.000000771. The van der Waals surface area contributed by atoms with E-state index in [1.54, 1.807) is 12.1 Å². The second-order valence-corrected chi connectivity index (χ2v) is 3.55. The molecule has 2 heteroatoms. The summed E-state index contributed by atoms with van der Waals surface area (Å²) in [6.45, 7) is 6.11. The molecule has 0 spiro atoms. The third-order valence-corrected chi connectivity index (χ3v) is 2.38. The Morgan fingerprint density at radius 3 is 1.72 bits per heavy atom. The lowest BCUT2D eigenvalue weighted by Gasteiger charge is -2.05. The maximum atomic E-state index is 12.7. The molecule has 96 valence electrons. The third-order valence-electron chi connectivity index (χ3n) is 2.38. The lowest BCUT2D eigenvalue weighted by atomic mass is 10.2. The number of hydrogen-bond acceptors (Lipinski definition) is 1. The van der Waals surface area contributed by atoms with Crippen LogP contribution in [-0.4, -0.2) is 0 Å². The van der Waals surface area contributed by atoms with Crippen molar-refractivity contribution < 1.29 is 9.13 Å². The molecule has 0 saturated heterocycles. The van der Waals surface area contributed by atoms with Crippen LogP contribution in [0.4, 0.5) is 4.39 Å². The smallest absolute Gasteiger partial charge is 0.127 e. The fourth-order valence-corrected chi connectivity index (χ4v) is 1.43. The molecule has 18 heavy (non-hydrogen) atoms. The molecule has 0 aliphatic carbocycles. The van der Waals surface area contributed by atoms with Crippen molar-refractivity contribution in [3.05, 3.63) is 59.9 Å². The molecule has 0 aliphatic rings. The average molecular weight is 246 g/mol. The molecule has 0 atom stereocenters. The summed E-state index contributed by atoms with van der Waals surface area (Å²) >= 11 is 0. The van der Waals surface area contributed by atoms with Crippen LogP contribution in [0.1, 0.15) is 26.3 Å². The number of ether oxygens (including phenoxy) is 1. The monoisotopic (exact) mass is 246 g/mol. The third kappa shape index (κ3) is 4.21. The molecule has 2 aromatic rings. The number of halogens is 1. The Morgan fingerprint density at radius 2 is 1.28 bits per heavy atom. The zero-order valence-corrected chi connectivity index (χ0v) is 11.1. The molecule has 2 rings (SSSR count). The number of rotatable bonds is 3. The lowest BCUT2D eigenvalue weighted by Crippen LogP contribution is -1.85. The van der Waals surface area contributed by atoms with Gasteiger partial charge in [-0.05, 0) is 48.4 Å². The van der Waals surface area contributed by atoms with Gasteiger partial charge in [0.1, 0.15) is 17.3 Å². The molecule has 1 nitrogen and oxygen atoms in total. The Bertz CT molecular complexity index is 446. The summed E-state index contributed by atoms with van der Waals surface area (Å²) in [5.41, 5.74) is 1.27. The van der Waals surface area contributed by atoms with Gasteiger partial charge in [-0.2, -0.15) is 0 Å². The average Bonchev–Trinajstić information content (AvgIpc) is 2.44. The molecular formula is C16H19FO. The van der Waals surface area contributed by atoms with Gasteiger partial charge < -0.3 is 4.74 Å². The van der Waals surface area contributed by atoms with E-state index in [1.807, 2.05) is 38.1 Å². The predicted octanol–water partition coefficient (Wildman–Crippen LogP) is 5.21. The zero-order chi connectivity index (χ0) is 13.4. The molecular weight excluding hydrogens is 227 g/mol. The molecule has 0 amide bonds. The molecule has 0 aromatic heterocycles. The topological polar surface area (TPSA) is 9.23 Å². The van der Waals surface area contributed by atoms with Crippen LogP contribution < -0.4 is 4.74 Å². The fraction of sp³-hybridized carbons (Fsp3) is 0.250. The van der Waals surface area contributed by atoms with Crippen LogP contribution in [0.25, 0.3) is 0 Å². The quantitative estimate of drug-likeness (QED) is 0.722. The van der Waals surface area contributed by atoms with E-state index in [0.29, 0.717) is 5.75 Å². The van der Waals surface area contributed by atoms with Crippen LogP contribution in [0.15, 0.2) is 48.5 Å². The van der Waals surface area contributed by atoms with Crippen molar-refractivity contribution in [2.24, 2.45) is 0 Å². The zero-order valence-electron chi connectivity index (χ0n) is 11.1. The van der Waals surface area contributed by atoms with Crippen LogP contribution in [0.2, 0.25) is 0 Å². The summed E-state index contributed by atoms with van der Waals surface area (Å²) < 4.78 is 18.2. The first kappa shape index (κ1) is 14.2. The summed E-state index contributed by atoms with van der Waals surface area (Å²) in [6, 6.07) is 13.9. The fourth-order valence-electron chi connectivity index (χ4n) is 1.43. The first-order valence-electron chi connectivity index (χ1n) is 6.30. The van der Waals surface area contributed by atoms with E-state index >= 15 is 0 Å². The van der Waals surface area contributed by atoms with E-state index in [1.165, 1.54) is 17.7 Å². The Hall–Kier alpha value is -1.83. The van der Waals surface area contributed by atoms with E-state index in [4.69, 9.17) is 4.74 Å². The van der Waals surface area contributed by atoms with Crippen LogP contribution in [0.5, 0.6) is 11.5 Å². The lowest BCUT2D eigenvalue weighted by molar-refractivity contribution is 0.480. The molecule has 0 radical (unpaired) electrons. The standard InChI is InChI=1S/C14H13FO.C2H6/c1-2-11-3-7-13(8-4-11)16-14-9-5-12(15)6-10-14;1-2/h3-10H,2H2,1H3;1-2H3. The van der Waals surface area contributed by atoms with E-state index < -0.39 is 0 Å². The molecule has 0 saturated carbocycles. The Labute approximate surface area is 108 Å². The number of aryl methyl sites for hydroxylation is 1. The van der Waals surface area contributed by atoms with E-state index in [-0.39, 0.29) is 5.82 Å². The number of hydrogen-bond donors (Lipinski definition) is 0. The van der Waals surface area contributed by atoms with E-state index in [2.05, 4.69) is 6.92 Å². The van der Waals surface area contributed by atoms with Crippen molar-refractivity contribution in [1.29, 1.82) is 0 Å². The highest BCUT2D eigenvalue weighted by Gasteiger charge is 1.97. The highest BCUT2D eigenvalue weighted by Crippen LogP contribution is 2.21. The normalized spacial score (nSPS) is 9.33. The maximum absolute atomic E-state index is 12.7. The molecule has 0 fully saturated rings. The van der Waals surface area contributed by atoms with Crippen LogP contribution >= 0.6 is 0 Å². The second-order valence-electron chi connectivity index (χ2n) is 3.55. The maximum Gasteiger partial charge on any atom is 0.127 e. The van der Waals surface area contributed by atoms with E-state index in [9.17, 15) is 4.39 Å². The van der Waals surface area contributed by atoms with Crippen molar-refractivity contribution >= 4 is 0 Å². The van der Waals surface area contributed by atoms with Gasteiger partial charge in [0.05, 0.1) is 0 Å². The minimum Gasteiger partial charge on any atom is -0.457 e. The van der Waals surface area contributed by atoms with Gasteiger partial charge in [0, 0.05) is 0 Å². The van der Waals surface area contributed by atoms with Crippen molar-refractivity contribution in [3.63, 3.8) is 0 Å². The summed E-state index contributed by atoms with van der Waals surface area (Å²) in [5.74, 6) is 1.16. The highest BCUT2D eigenvalue weighted by atomic mass is 19.1. The molecule has 0 bridgehead atoms. The highest BCUT2D eigenvalue weighted by molar-refractivity contribution is 5.33. The summed E-state index contributed by atoms with van der Waals surface area (Å²) in [5, 5.41) is 0. The molecule has 0 unspecified atom stereocenters. The van der Waals surface area contributed by atoms with Crippen molar-refractivity contribution in [1.82, 2.24) is 0 Å². The van der Waals surface area contributed by atoms with Crippen LogP contribution in [-0.2, 0) is 6.42 Å². The summed E-state index contributed by atoms with van der Waals surface area (Å²) in [4.78, 5) is 0. The minimum atomic E-state index is -0.256. The van der Waals surface area contributed by atoms with Crippen molar-refractivity contribution in [2.45, 2.75) is 27.2 Å². The van der Waals surface area contributed by atoms with E-state index in [0.717, 1.165) is 12.2 Å². The molecule has 2 aromatic carbocycles. The molecule has 0 aliphatic heterocycles.